The zero-order chi connectivity index (χ0) is 18.5. The summed E-state index contributed by atoms with van der Waals surface area (Å²) < 4.78 is 40.2. The van der Waals surface area contributed by atoms with Crippen molar-refractivity contribution < 1.29 is 18.0 Å². The highest BCUT2D eigenvalue weighted by Crippen LogP contribution is 2.31. The Kier molecular flexibility index (Phi) is 3.56. The third kappa shape index (κ3) is 2.72. The molecule has 0 aromatic carbocycles. The summed E-state index contributed by atoms with van der Waals surface area (Å²) in [4.78, 5) is 25.6. The number of imidazole rings is 1. The van der Waals surface area contributed by atoms with E-state index in [1.165, 1.54) is 22.9 Å². The van der Waals surface area contributed by atoms with Gasteiger partial charge < -0.3 is 10.6 Å². The molecule has 1 saturated heterocycles. The van der Waals surface area contributed by atoms with Crippen LogP contribution in [0.1, 0.15) is 5.56 Å². The number of hydrogen-bond donors (Lipinski definition) is 1. The van der Waals surface area contributed by atoms with Crippen LogP contribution in [0.4, 0.5) is 19.0 Å². The minimum atomic E-state index is -4.46. The standard InChI is InChI=1S/C16H13F3N6O/c17-16(18,19)10-1-2-12-22-5-11(25(12)8-10)15-21-4-3-13(23-15)24-6-9(7-24)14(20)26/h1-5,8-9H,6-7H2,(H2,20,26). The molecule has 0 saturated carbocycles. The van der Waals surface area contributed by atoms with Gasteiger partial charge in [0.05, 0.1) is 17.7 Å². The van der Waals surface area contributed by atoms with Crippen molar-refractivity contribution >= 4 is 17.4 Å². The molecule has 0 spiro atoms. The molecule has 0 radical (unpaired) electrons. The van der Waals surface area contributed by atoms with Gasteiger partial charge in [0, 0.05) is 25.5 Å². The van der Waals surface area contributed by atoms with Gasteiger partial charge in [-0.05, 0) is 18.2 Å². The zero-order valence-electron chi connectivity index (χ0n) is 13.3. The Balaban J connectivity index is 1.70. The summed E-state index contributed by atoms with van der Waals surface area (Å²) in [5.41, 5.74) is 5.18. The quantitative estimate of drug-likeness (QED) is 0.766. The Morgan fingerprint density at radius 3 is 2.65 bits per heavy atom. The molecule has 10 heteroatoms. The molecule has 0 atom stereocenters. The summed E-state index contributed by atoms with van der Waals surface area (Å²) in [6.45, 7) is 0.911. The summed E-state index contributed by atoms with van der Waals surface area (Å²) in [7, 11) is 0. The van der Waals surface area contributed by atoms with Gasteiger partial charge in [-0.15, -0.1) is 0 Å². The summed E-state index contributed by atoms with van der Waals surface area (Å²) in [5, 5.41) is 0. The van der Waals surface area contributed by atoms with E-state index in [4.69, 9.17) is 5.73 Å². The van der Waals surface area contributed by atoms with Crippen LogP contribution in [-0.4, -0.2) is 38.3 Å². The van der Waals surface area contributed by atoms with E-state index in [1.807, 2.05) is 4.90 Å². The molecule has 26 heavy (non-hydrogen) atoms. The summed E-state index contributed by atoms with van der Waals surface area (Å²) >= 11 is 0. The van der Waals surface area contributed by atoms with Crippen LogP contribution in [0, 0.1) is 5.92 Å². The maximum atomic E-state index is 13.0. The average Bonchev–Trinajstić information content (AvgIpc) is 2.95. The predicted molar refractivity (Wildman–Crippen MR) is 86.1 cm³/mol. The molecule has 1 aliphatic heterocycles. The first-order chi connectivity index (χ1) is 12.3. The number of pyridine rings is 1. The first-order valence-corrected chi connectivity index (χ1v) is 7.75. The largest absolute Gasteiger partial charge is 0.417 e. The Hall–Kier alpha value is -3.17. The second-order valence-electron chi connectivity index (χ2n) is 6.03. The van der Waals surface area contributed by atoms with Crippen molar-refractivity contribution in [3.05, 3.63) is 42.4 Å². The number of amides is 1. The van der Waals surface area contributed by atoms with E-state index in [9.17, 15) is 18.0 Å². The van der Waals surface area contributed by atoms with E-state index in [1.54, 1.807) is 6.07 Å². The number of carbonyl (C=O) groups excluding carboxylic acids is 1. The molecule has 0 aliphatic carbocycles. The lowest BCUT2D eigenvalue weighted by Gasteiger charge is -2.38. The van der Waals surface area contributed by atoms with E-state index < -0.39 is 11.7 Å². The lowest BCUT2D eigenvalue weighted by atomic mass is 10.00. The van der Waals surface area contributed by atoms with Gasteiger partial charge in [0.2, 0.25) is 5.91 Å². The molecule has 7 nitrogen and oxygen atoms in total. The van der Waals surface area contributed by atoms with Crippen molar-refractivity contribution in [3.63, 3.8) is 0 Å². The van der Waals surface area contributed by atoms with Gasteiger partial charge in [-0.3, -0.25) is 9.20 Å². The number of primary amides is 1. The van der Waals surface area contributed by atoms with Gasteiger partial charge in [-0.1, -0.05) is 0 Å². The number of nitrogens with zero attached hydrogens (tertiary/aromatic N) is 5. The van der Waals surface area contributed by atoms with Crippen molar-refractivity contribution in [3.8, 4) is 11.5 Å². The number of alkyl halides is 3. The Morgan fingerprint density at radius 2 is 1.96 bits per heavy atom. The Labute approximate surface area is 145 Å². The van der Waals surface area contributed by atoms with Crippen LogP contribution in [-0.2, 0) is 11.0 Å². The molecule has 1 amide bonds. The van der Waals surface area contributed by atoms with Crippen molar-refractivity contribution in [1.82, 2.24) is 19.4 Å². The predicted octanol–water partition coefficient (Wildman–Crippen LogP) is 1.73. The summed E-state index contributed by atoms with van der Waals surface area (Å²) in [6.07, 6.45) is -0.542. The van der Waals surface area contributed by atoms with Gasteiger partial charge in [0.25, 0.3) is 0 Å². The first kappa shape index (κ1) is 16.3. The molecule has 134 valence electrons. The van der Waals surface area contributed by atoms with E-state index in [0.29, 0.717) is 30.2 Å². The van der Waals surface area contributed by atoms with Crippen LogP contribution in [0.25, 0.3) is 17.2 Å². The third-order valence-corrected chi connectivity index (χ3v) is 4.31. The molecule has 2 N–H and O–H groups in total. The second-order valence-corrected chi connectivity index (χ2v) is 6.03. The van der Waals surface area contributed by atoms with Crippen LogP contribution in [0.5, 0.6) is 0 Å². The van der Waals surface area contributed by atoms with E-state index in [-0.39, 0.29) is 17.6 Å². The topological polar surface area (TPSA) is 89.4 Å². The van der Waals surface area contributed by atoms with Crippen LogP contribution in [0.3, 0.4) is 0 Å². The van der Waals surface area contributed by atoms with Crippen LogP contribution >= 0.6 is 0 Å². The van der Waals surface area contributed by atoms with Crippen LogP contribution in [0.2, 0.25) is 0 Å². The Morgan fingerprint density at radius 1 is 1.19 bits per heavy atom. The SMILES string of the molecule is NC(=O)C1CN(c2ccnc(-c3cnc4ccc(C(F)(F)F)cn34)n2)C1. The molecule has 0 bridgehead atoms. The van der Waals surface area contributed by atoms with Crippen LogP contribution < -0.4 is 10.6 Å². The fraction of sp³-hybridized carbons (Fsp3) is 0.250. The molecule has 4 rings (SSSR count). The summed E-state index contributed by atoms with van der Waals surface area (Å²) in [5.74, 6) is 0.238. The molecule has 3 aromatic rings. The van der Waals surface area contributed by atoms with Crippen molar-refractivity contribution in [2.45, 2.75) is 6.18 Å². The fourth-order valence-corrected chi connectivity index (χ4v) is 2.81. The molecular weight excluding hydrogens is 349 g/mol. The number of halogens is 3. The molecular formula is C16H13F3N6O. The summed E-state index contributed by atoms with van der Waals surface area (Å²) in [6, 6.07) is 3.95. The number of rotatable bonds is 3. The maximum absolute atomic E-state index is 13.0. The van der Waals surface area contributed by atoms with Crippen molar-refractivity contribution in [2.24, 2.45) is 11.7 Å². The zero-order valence-corrected chi connectivity index (χ0v) is 13.3. The van der Waals surface area contributed by atoms with Crippen molar-refractivity contribution in [2.75, 3.05) is 18.0 Å². The van der Waals surface area contributed by atoms with Gasteiger partial charge >= 0.3 is 6.18 Å². The molecule has 4 heterocycles. The second kappa shape index (κ2) is 5.68. The van der Waals surface area contributed by atoms with E-state index in [2.05, 4.69) is 15.0 Å². The van der Waals surface area contributed by atoms with E-state index in [0.717, 1.165) is 12.3 Å². The normalized spacial score (nSPS) is 15.3. The molecule has 1 fully saturated rings. The van der Waals surface area contributed by atoms with Crippen LogP contribution in [0.15, 0.2) is 36.8 Å². The smallest absolute Gasteiger partial charge is 0.369 e. The van der Waals surface area contributed by atoms with E-state index >= 15 is 0 Å². The monoisotopic (exact) mass is 362 g/mol. The average molecular weight is 362 g/mol. The number of fused-ring (bicyclic) bond motifs is 1. The highest BCUT2D eigenvalue weighted by molar-refractivity contribution is 5.80. The molecule has 3 aromatic heterocycles. The van der Waals surface area contributed by atoms with Gasteiger partial charge in [0.1, 0.15) is 17.2 Å². The molecule has 0 unspecified atom stereocenters. The highest BCUT2D eigenvalue weighted by atomic mass is 19.4. The number of aromatic nitrogens is 4. The fourth-order valence-electron chi connectivity index (χ4n) is 2.81. The lowest BCUT2D eigenvalue weighted by Crippen LogP contribution is -2.52. The minimum Gasteiger partial charge on any atom is -0.369 e. The van der Waals surface area contributed by atoms with Crippen molar-refractivity contribution in [1.29, 1.82) is 0 Å². The maximum Gasteiger partial charge on any atom is 0.417 e. The van der Waals surface area contributed by atoms with Gasteiger partial charge in [-0.25, -0.2) is 15.0 Å². The number of hydrogen-bond acceptors (Lipinski definition) is 5. The molecule has 1 aliphatic rings. The highest BCUT2D eigenvalue weighted by Gasteiger charge is 2.33. The van der Waals surface area contributed by atoms with Gasteiger partial charge in [0.15, 0.2) is 5.82 Å². The van der Waals surface area contributed by atoms with Gasteiger partial charge in [-0.2, -0.15) is 13.2 Å². The third-order valence-electron chi connectivity index (χ3n) is 4.31. The Bertz CT molecular complexity index is 993. The lowest BCUT2D eigenvalue weighted by molar-refractivity contribution is -0.137. The minimum absolute atomic E-state index is 0.224. The first-order valence-electron chi connectivity index (χ1n) is 7.75. The number of carbonyl (C=O) groups is 1. The number of anilines is 1. The number of nitrogens with two attached hydrogens (primary N) is 1.